The molecular weight excluding hydrogens is 341 g/mol. The molecule has 1 heterocycles. The average molecular weight is 349 g/mol. The van der Waals surface area contributed by atoms with Gasteiger partial charge in [-0.25, -0.2) is 4.39 Å². The van der Waals surface area contributed by atoms with E-state index in [9.17, 15) is 18.3 Å². The number of benzene rings is 1. The number of hydrogen-bond acceptors (Lipinski definition) is 4. The molecule has 0 aliphatic rings. The minimum Gasteiger partial charge on any atom is -0.415 e. The largest absolute Gasteiger partial charge is 0.415 e. The van der Waals surface area contributed by atoms with Crippen LogP contribution in [0, 0.1) is 5.82 Å². The summed E-state index contributed by atoms with van der Waals surface area (Å²) in [5.41, 5.74) is 0.514. The van der Waals surface area contributed by atoms with Gasteiger partial charge in [-0.05, 0) is 39.7 Å². The van der Waals surface area contributed by atoms with Crippen LogP contribution in [0.5, 0.6) is 5.88 Å². The van der Waals surface area contributed by atoms with Crippen molar-refractivity contribution in [3.8, 4) is 5.88 Å². The van der Waals surface area contributed by atoms with Crippen LogP contribution in [0.1, 0.15) is 17.4 Å². The molecule has 0 spiro atoms. The molecule has 0 bridgehead atoms. The highest BCUT2D eigenvalue weighted by molar-refractivity contribution is 9.10. The van der Waals surface area contributed by atoms with Gasteiger partial charge in [0.2, 0.25) is 5.88 Å². The van der Waals surface area contributed by atoms with Crippen molar-refractivity contribution >= 4 is 15.9 Å². The molecule has 0 saturated carbocycles. The second-order valence-electron chi connectivity index (χ2n) is 3.75. The second kappa shape index (κ2) is 6.19. The van der Waals surface area contributed by atoms with Gasteiger partial charge in [0.15, 0.2) is 0 Å². The van der Waals surface area contributed by atoms with E-state index in [0.717, 1.165) is 6.07 Å². The van der Waals surface area contributed by atoms with E-state index in [2.05, 4.69) is 30.9 Å². The Kier molecular flexibility index (Phi) is 4.56. The molecule has 4 nitrogen and oxygen atoms in total. The summed E-state index contributed by atoms with van der Waals surface area (Å²) in [6, 6.07) is 6.43. The summed E-state index contributed by atoms with van der Waals surface area (Å²) >= 11 is 3.00. The predicted octanol–water partition coefficient (Wildman–Crippen LogP) is 3.06. The zero-order chi connectivity index (χ0) is 14.7. The lowest BCUT2D eigenvalue weighted by atomic mass is 10.1. The number of hydrogen-bond donors (Lipinski definition) is 1. The standard InChI is InChI=1S/C12H8BrF3N2O2/c13-7-5-6(1-2-8(7)14)11(19)9-3-4-10(18-17-9)20-12(15)16/h1-5,11-12,19H. The first kappa shape index (κ1) is 14.7. The van der Waals surface area contributed by atoms with Gasteiger partial charge in [0.05, 0.1) is 10.2 Å². The van der Waals surface area contributed by atoms with Gasteiger partial charge < -0.3 is 9.84 Å². The highest BCUT2D eigenvalue weighted by Crippen LogP contribution is 2.25. The third-order valence-corrected chi connectivity index (χ3v) is 3.02. The van der Waals surface area contributed by atoms with E-state index >= 15 is 0 Å². The minimum absolute atomic E-state index is 0.130. The number of aliphatic hydroxyl groups is 1. The molecule has 1 N–H and O–H groups in total. The lowest BCUT2D eigenvalue weighted by Gasteiger charge is -2.11. The zero-order valence-corrected chi connectivity index (χ0v) is 11.4. The fourth-order valence-corrected chi connectivity index (χ4v) is 1.88. The Morgan fingerprint density at radius 1 is 1.15 bits per heavy atom. The molecule has 0 aliphatic carbocycles. The summed E-state index contributed by atoms with van der Waals surface area (Å²) in [4.78, 5) is 0. The Bertz CT molecular complexity index is 596. The summed E-state index contributed by atoms with van der Waals surface area (Å²) in [6.45, 7) is -2.99. The van der Waals surface area contributed by atoms with Crippen molar-refractivity contribution in [1.29, 1.82) is 0 Å². The summed E-state index contributed by atoms with van der Waals surface area (Å²) < 4.78 is 41.2. The number of halogens is 4. The Morgan fingerprint density at radius 3 is 2.45 bits per heavy atom. The maximum absolute atomic E-state index is 13.1. The van der Waals surface area contributed by atoms with Crippen LogP contribution in [0.25, 0.3) is 0 Å². The molecular formula is C12H8BrF3N2O2. The van der Waals surface area contributed by atoms with Crippen LogP contribution < -0.4 is 4.74 Å². The zero-order valence-electron chi connectivity index (χ0n) is 9.80. The number of alkyl halides is 2. The summed E-state index contributed by atoms with van der Waals surface area (Å²) in [5.74, 6) is -0.816. The molecule has 1 unspecified atom stereocenters. The van der Waals surface area contributed by atoms with Crippen molar-refractivity contribution in [2.75, 3.05) is 0 Å². The van der Waals surface area contributed by atoms with E-state index in [0.29, 0.717) is 5.56 Å². The molecule has 0 amide bonds. The van der Waals surface area contributed by atoms with Gasteiger partial charge in [-0.15, -0.1) is 10.2 Å². The highest BCUT2D eigenvalue weighted by atomic mass is 79.9. The Hall–Kier alpha value is -1.67. The molecule has 0 saturated heterocycles. The van der Waals surface area contributed by atoms with Crippen molar-refractivity contribution in [2.24, 2.45) is 0 Å². The summed E-state index contributed by atoms with van der Waals surface area (Å²) in [6.07, 6.45) is -1.15. The Balaban J connectivity index is 2.20. The van der Waals surface area contributed by atoms with Crippen LogP contribution >= 0.6 is 15.9 Å². The Labute approximate surface area is 120 Å². The van der Waals surface area contributed by atoms with Crippen LogP contribution in [-0.4, -0.2) is 21.9 Å². The SMILES string of the molecule is OC(c1ccc(F)c(Br)c1)c1ccc(OC(F)F)nn1. The van der Waals surface area contributed by atoms with Gasteiger partial charge in [-0.1, -0.05) is 6.07 Å². The molecule has 20 heavy (non-hydrogen) atoms. The number of ether oxygens (including phenoxy) is 1. The van der Waals surface area contributed by atoms with E-state index in [-0.39, 0.29) is 16.0 Å². The summed E-state index contributed by atoms with van der Waals surface area (Å²) in [7, 11) is 0. The summed E-state index contributed by atoms with van der Waals surface area (Å²) in [5, 5.41) is 17.0. The first-order chi connectivity index (χ1) is 9.47. The molecule has 1 aromatic carbocycles. The first-order valence-electron chi connectivity index (χ1n) is 5.39. The van der Waals surface area contributed by atoms with Crippen LogP contribution in [0.15, 0.2) is 34.8 Å². The highest BCUT2D eigenvalue weighted by Gasteiger charge is 2.15. The van der Waals surface area contributed by atoms with Crippen molar-refractivity contribution in [3.63, 3.8) is 0 Å². The third kappa shape index (κ3) is 3.45. The minimum atomic E-state index is -2.99. The molecule has 0 aliphatic heterocycles. The molecule has 2 aromatic rings. The topological polar surface area (TPSA) is 55.2 Å². The van der Waals surface area contributed by atoms with E-state index in [4.69, 9.17) is 0 Å². The lowest BCUT2D eigenvalue weighted by Crippen LogP contribution is -2.07. The molecule has 1 aromatic heterocycles. The van der Waals surface area contributed by atoms with Crippen molar-refractivity contribution < 1.29 is 23.0 Å². The van der Waals surface area contributed by atoms with Crippen LogP contribution in [0.4, 0.5) is 13.2 Å². The van der Waals surface area contributed by atoms with Gasteiger partial charge in [0, 0.05) is 6.07 Å². The van der Waals surface area contributed by atoms with Crippen LogP contribution in [0.2, 0.25) is 0 Å². The van der Waals surface area contributed by atoms with Gasteiger partial charge in [-0.3, -0.25) is 0 Å². The van der Waals surface area contributed by atoms with E-state index < -0.39 is 18.5 Å². The van der Waals surface area contributed by atoms with E-state index in [1.165, 1.54) is 24.3 Å². The number of aliphatic hydroxyl groups excluding tert-OH is 1. The molecule has 8 heteroatoms. The van der Waals surface area contributed by atoms with E-state index in [1.807, 2.05) is 0 Å². The predicted molar refractivity (Wildman–Crippen MR) is 66.8 cm³/mol. The molecule has 0 radical (unpaired) electrons. The normalized spacial score (nSPS) is 12.5. The fraction of sp³-hybridized carbons (Fsp3) is 0.167. The monoisotopic (exact) mass is 348 g/mol. The lowest BCUT2D eigenvalue weighted by molar-refractivity contribution is -0.0535. The molecule has 0 fully saturated rings. The number of rotatable bonds is 4. The first-order valence-corrected chi connectivity index (χ1v) is 6.18. The third-order valence-electron chi connectivity index (χ3n) is 2.41. The average Bonchev–Trinajstić information content (AvgIpc) is 2.41. The van der Waals surface area contributed by atoms with Gasteiger partial charge >= 0.3 is 6.61 Å². The van der Waals surface area contributed by atoms with Gasteiger partial charge in [0.25, 0.3) is 0 Å². The molecule has 1 atom stereocenters. The quantitative estimate of drug-likeness (QED) is 0.922. The number of aromatic nitrogens is 2. The molecule has 2 rings (SSSR count). The Morgan fingerprint density at radius 2 is 1.90 bits per heavy atom. The maximum Gasteiger partial charge on any atom is 0.388 e. The fourth-order valence-electron chi connectivity index (χ4n) is 1.48. The van der Waals surface area contributed by atoms with Crippen LogP contribution in [-0.2, 0) is 0 Å². The van der Waals surface area contributed by atoms with Gasteiger partial charge in [0.1, 0.15) is 11.9 Å². The second-order valence-corrected chi connectivity index (χ2v) is 4.61. The number of nitrogens with zero attached hydrogens (tertiary/aromatic N) is 2. The van der Waals surface area contributed by atoms with Gasteiger partial charge in [-0.2, -0.15) is 8.78 Å². The molecule has 106 valence electrons. The van der Waals surface area contributed by atoms with Crippen molar-refractivity contribution in [3.05, 3.63) is 51.9 Å². The van der Waals surface area contributed by atoms with Crippen LogP contribution in [0.3, 0.4) is 0 Å². The smallest absolute Gasteiger partial charge is 0.388 e. The van der Waals surface area contributed by atoms with E-state index in [1.54, 1.807) is 0 Å². The van der Waals surface area contributed by atoms with Crippen molar-refractivity contribution in [2.45, 2.75) is 12.7 Å². The maximum atomic E-state index is 13.1. The van der Waals surface area contributed by atoms with Crippen molar-refractivity contribution in [1.82, 2.24) is 10.2 Å².